The normalized spacial score (nSPS) is 10.4. The van der Waals surface area contributed by atoms with Crippen molar-refractivity contribution in [3.8, 4) is 17.0 Å². The van der Waals surface area contributed by atoms with E-state index in [2.05, 4.69) is 10.2 Å². The van der Waals surface area contributed by atoms with Crippen molar-refractivity contribution in [2.75, 3.05) is 0 Å². The Labute approximate surface area is 90.3 Å². The highest BCUT2D eigenvalue weighted by Crippen LogP contribution is 2.33. The highest BCUT2D eigenvalue weighted by atomic mass is 35.5. The molecule has 0 spiro atoms. The molecule has 0 saturated carbocycles. The van der Waals surface area contributed by atoms with E-state index in [0.29, 0.717) is 21.3 Å². The Hall–Kier alpha value is -1.19. The average molecular weight is 229 g/mol. The van der Waals surface area contributed by atoms with Crippen LogP contribution in [0.4, 0.5) is 0 Å². The zero-order chi connectivity index (χ0) is 10.1. The molecule has 1 heterocycles. The summed E-state index contributed by atoms with van der Waals surface area (Å²) in [4.78, 5) is 0. The molecule has 2 aromatic rings. The number of hydrogen-bond donors (Lipinski definition) is 2. The van der Waals surface area contributed by atoms with E-state index in [4.69, 9.17) is 23.2 Å². The molecule has 5 heteroatoms. The quantitative estimate of drug-likeness (QED) is 0.789. The number of benzene rings is 1. The Kier molecular flexibility index (Phi) is 2.35. The Morgan fingerprint density at radius 2 is 2.07 bits per heavy atom. The fourth-order valence-electron chi connectivity index (χ4n) is 1.17. The molecule has 2 rings (SSSR count). The van der Waals surface area contributed by atoms with E-state index >= 15 is 0 Å². The van der Waals surface area contributed by atoms with Crippen LogP contribution in [0.3, 0.4) is 0 Å². The molecule has 2 N–H and O–H groups in total. The largest absolute Gasteiger partial charge is 0.507 e. The van der Waals surface area contributed by atoms with Gasteiger partial charge in [-0.15, -0.1) is 0 Å². The van der Waals surface area contributed by atoms with Gasteiger partial charge >= 0.3 is 0 Å². The summed E-state index contributed by atoms with van der Waals surface area (Å²) in [6, 6.07) is 4.73. The van der Waals surface area contributed by atoms with Crippen LogP contribution < -0.4 is 0 Å². The zero-order valence-electron chi connectivity index (χ0n) is 6.96. The van der Waals surface area contributed by atoms with Gasteiger partial charge in [-0.3, -0.25) is 5.10 Å². The van der Waals surface area contributed by atoms with E-state index < -0.39 is 0 Å². The van der Waals surface area contributed by atoms with Crippen molar-refractivity contribution in [1.82, 2.24) is 10.2 Å². The number of aromatic hydroxyl groups is 1. The first-order valence-electron chi connectivity index (χ1n) is 3.86. The summed E-state index contributed by atoms with van der Waals surface area (Å²) in [6.45, 7) is 0. The number of rotatable bonds is 1. The standard InChI is InChI=1S/C9H6Cl2N2O/c10-5-1-2-8(14)6(3-5)9-7(11)4-12-13-9/h1-4,14H,(H,12,13). The first-order valence-corrected chi connectivity index (χ1v) is 4.62. The molecule has 14 heavy (non-hydrogen) atoms. The maximum absolute atomic E-state index is 9.57. The highest BCUT2D eigenvalue weighted by molar-refractivity contribution is 6.33. The number of nitrogens with one attached hydrogen (secondary N) is 1. The van der Waals surface area contributed by atoms with E-state index in [1.807, 2.05) is 0 Å². The van der Waals surface area contributed by atoms with Crippen molar-refractivity contribution in [2.45, 2.75) is 0 Å². The molecule has 0 atom stereocenters. The van der Waals surface area contributed by atoms with Crippen molar-refractivity contribution in [3.63, 3.8) is 0 Å². The summed E-state index contributed by atoms with van der Waals surface area (Å²) in [6.07, 6.45) is 1.47. The van der Waals surface area contributed by atoms with Gasteiger partial charge in [0.25, 0.3) is 0 Å². The Bertz CT molecular complexity index is 468. The van der Waals surface area contributed by atoms with E-state index in [-0.39, 0.29) is 5.75 Å². The maximum atomic E-state index is 9.57. The van der Waals surface area contributed by atoms with Crippen molar-refractivity contribution in [2.24, 2.45) is 0 Å². The van der Waals surface area contributed by atoms with Crippen molar-refractivity contribution >= 4 is 23.2 Å². The molecular weight excluding hydrogens is 223 g/mol. The van der Waals surface area contributed by atoms with E-state index in [0.717, 1.165) is 0 Å². The zero-order valence-corrected chi connectivity index (χ0v) is 8.47. The number of hydrogen-bond acceptors (Lipinski definition) is 2. The molecule has 1 aromatic heterocycles. The molecule has 1 aromatic carbocycles. The van der Waals surface area contributed by atoms with Crippen LogP contribution in [0.2, 0.25) is 10.0 Å². The predicted molar refractivity (Wildman–Crippen MR) is 55.7 cm³/mol. The lowest BCUT2D eigenvalue weighted by molar-refractivity contribution is 0.477. The van der Waals surface area contributed by atoms with Crippen LogP contribution in [0.1, 0.15) is 0 Å². The third-order valence-electron chi connectivity index (χ3n) is 1.82. The van der Waals surface area contributed by atoms with Gasteiger partial charge in [-0.25, -0.2) is 0 Å². The molecule has 0 radical (unpaired) electrons. The van der Waals surface area contributed by atoms with Gasteiger partial charge in [0.2, 0.25) is 0 Å². The van der Waals surface area contributed by atoms with Crippen LogP contribution in [0.15, 0.2) is 24.4 Å². The van der Waals surface area contributed by atoms with Gasteiger partial charge in [-0.05, 0) is 18.2 Å². The molecule has 0 aliphatic carbocycles. The van der Waals surface area contributed by atoms with Crippen LogP contribution in [-0.4, -0.2) is 15.3 Å². The Balaban J connectivity index is 2.62. The van der Waals surface area contributed by atoms with Crippen LogP contribution in [0.5, 0.6) is 5.75 Å². The SMILES string of the molecule is Oc1ccc(Cl)cc1-c1[nH]ncc1Cl. The summed E-state index contributed by atoms with van der Waals surface area (Å²) in [7, 11) is 0. The highest BCUT2D eigenvalue weighted by Gasteiger charge is 2.10. The number of halogens is 2. The maximum Gasteiger partial charge on any atom is 0.125 e. The van der Waals surface area contributed by atoms with Gasteiger partial charge in [0.1, 0.15) is 5.75 Å². The lowest BCUT2D eigenvalue weighted by atomic mass is 10.1. The van der Waals surface area contributed by atoms with Crippen LogP contribution in [0, 0.1) is 0 Å². The second-order valence-corrected chi connectivity index (χ2v) is 3.60. The number of phenolic OH excluding ortho intramolecular Hbond substituents is 1. The van der Waals surface area contributed by atoms with Crippen molar-refractivity contribution in [3.05, 3.63) is 34.4 Å². The van der Waals surface area contributed by atoms with Crippen LogP contribution in [0.25, 0.3) is 11.3 Å². The number of aromatic nitrogens is 2. The number of H-pyrrole nitrogens is 1. The predicted octanol–water partition coefficient (Wildman–Crippen LogP) is 3.09. The number of aromatic amines is 1. The van der Waals surface area contributed by atoms with E-state index in [1.54, 1.807) is 12.1 Å². The fourth-order valence-corrected chi connectivity index (χ4v) is 1.53. The first-order chi connectivity index (χ1) is 6.68. The topological polar surface area (TPSA) is 48.9 Å². The minimum atomic E-state index is 0.112. The second-order valence-electron chi connectivity index (χ2n) is 2.75. The monoisotopic (exact) mass is 228 g/mol. The molecule has 0 bridgehead atoms. The third kappa shape index (κ3) is 1.56. The molecule has 0 amide bonds. The molecule has 0 aliphatic rings. The minimum absolute atomic E-state index is 0.112. The third-order valence-corrected chi connectivity index (χ3v) is 2.34. The Morgan fingerprint density at radius 3 is 2.71 bits per heavy atom. The lowest BCUT2D eigenvalue weighted by Gasteiger charge is -2.02. The van der Waals surface area contributed by atoms with Crippen molar-refractivity contribution in [1.29, 1.82) is 0 Å². The van der Waals surface area contributed by atoms with Gasteiger partial charge < -0.3 is 5.11 Å². The van der Waals surface area contributed by atoms with E-state index in [9.17, 15) is 5.11 Å². The molecule has 0 aliphatic heterocycles. The molecule has 72 valence electrons. The summed E-state index contributed by atoms with van der Waals surface area (Å²) < 4.78 is 0. The average Bonchev–Trinajstić information content (AvgIpc) is 2.56. The van der Waals surface area contributed by atoms with Gasteiger partial charge in [0.05, 0.1) is 16.9 Å². The molecule has 0 unspecified atom stereocenters. The summed E-state index contributed by atoms with van der Waals surface area (Å²) in [5.41, 5.74) is 1.10. The smallest absolute Gasteiger partial charge is 0.125 e. The first kappa shape index (κ1) is 9.37. The van der Waals surface area contributed by atoms with Crippen LogP contribution in [-0.2, 0) is 0 Å². The van der Waals surface area contributed by atoms with Gasteiger partial charge in [0.15, 0.2) is 0 Å². The molecule has 0 fully saturated rings. The number of phenols is 1. The molecule has 0 saturated heterocycles. The number of nitrogens with zero attached hydrogens (tertiary/aromatic N) is 1. The lowest BCUT2D eigenvalue weighted by Crippen LogP contribution is -1.80. The van der Waals surface area contributed by atoms with Gasteiger partial charge in [0, 0.05) is 10.6 Å². The molecule has 3 nitrogen and oxygen atoms in total. The van der Waals surface area contributed by atoms with Gasteiger partial charge in [-0.1, -0.05) is 23.2 Å². The van der Waals surface area contributed by atoms with Gasteiger partial charge in [-0.2, -0.15) is 5.10 Å². The fraction of sp³-hybridized carbons (Fsp3) is 0. The Morgan fingerprint density at radius 1 is 1.29 bits per heavy atom. The summed E-state index contributed by atoms with van der Waals surface area (Å²) >= 11 is 11.6. The van der Waals surface area contributed by atoms with Crippen LogP contribution >= 0.6 is 23.2 Å². The summed E-state index contributed by atoms with van der Waals surface area (Å²) in [5, 5.41) is 17.0. The summed E-state index contributed by atoms with van der Waals surface area (Å²) in [5.74, 6) is 0.112. The second kappa shape index (κ2) is 3.52. The van der Waals surface area contributed by atoms with E-state index in [1.165, 1.54) is 12.3 Å². The molecular formula is C9H6Cl2N2O. The minimum Gasteiger partial charge on any atom is -0.507 e. The van der Waals surface area contributed by atoms with Crippen molar-refractivity contribution < 1.29 is 5.11 Å².